The van der Waals surface area contributed by atoms with E-state index in [-0.39, 0.29) is 0 Å². The normalized spacial score (nSPS) is 36.7. The molecular weight excluding hydrogens is 184 g/mol. The molecule has 90 valence electrons. The van der Waals surface area contributed by atoms with Crippen LogP contribution in [-0.2, 0) is 0 Å². The Bertz CT molecular complexity index is 194. The van der Waals surface area contributed by atoms with Crippen molar-refractivity contribution in [1.82, 2.24) is 0 Å². The Kier molecular flexibility index (Phi) is 6.19. The summed E-state index contributed by atoms with van der Waals surface area (Å²) in [4.78, 5) is 0. The van der Waals surface area contributed by atoms with Gasteiger partial charge in [0.1, 0.15) is 0 Å². The van der Waals surface area contributed by atoms with Gasteiger partial charge in [0.2, 0.25) is 0 Å². The molecule has 0 spiro atoms. The third kappa shape index (κ3) is 4.38. The molecule has 4 unspecified atom stereocenters. The van der Waals surface area contributed by atoms with E-state index >= 15 is 0 Å². The van der Waals surface area contributed by atoms with E-state index in [0.717, 1.165) is 12.3 Å². The van der Waals surface area contributed by atoms with Crippen molar-refractivity contribution in [2.24, 2.45) is 17.8 Å². The van der Waals surface area contributed by atoms with Crippen LogP contribution in [0.15, 0.2) is 12.2 Å². The zero-order valence-electron chi connectivity index (χ0n) is 11.2. The third-order valence-electron chi connectivity index (χ3n) is 3.37. The fourth-order valence-electron chi connectivity index (χ4n) is 2.39. The van der Waals surface area contributed by atoms with E-state index in [1.807, 2.05) is 26.8 Å². The number of rotatable bonds is 2. The molecule has 1 rings (SSSR count). The summed E-state index contributed by atoms with van der Waals surface area (Å²) >= 11 is 0. The largest absolute Gasteiger partial charge is 0.386 e. The van der Waals surface area contributed by atoms with Crippen LogP contribution >= 0.6 is 0 Å². The summed E-state index contributed by atoms with van der Waals surface area (Å²) in [6, 6.07) is 0. The highest BCUT2D eigenvalue weighted by molar-refractivity contribution is 5.08. The highest BCUT2D eigenvalue weighted by atomic mass is 16.3. The minimum Gasteiger partial charge on any atom is -0.386 e. The zero-order valence-corrected chi connectivity index (χ0v) is 11.2. The number of aliphatic hydroxyl groups is 1. The SMILES string of the molecule is CC.CCC(C)C1C=CC(C)(O)CC1C. The van der Waals surface area contributed by atoms with Crippen molar-refractivity contribution < 1.29 is 5.11 Å². The average Bonchev–Trinajstić information content (AvgIpc) is 2.18. The van der Waals surface area contributed by atoms with Crippen LogP contribution in [0.5, 0.6) is 0 Å². The van der Waals surface area contributed by atoms with Gasteiger partial charge in [0.25, 0.3) is 0 Å². The predicted octanol–water partition coefficient (Wildman–Crippen LogP) is 4.02. The average molecular weight is 212 g/mol. The Hall–Kier alpha value is -0.300. The molecule has 0 radical (unpaired) electrons. The Morgan fingerprint density at radius 3 is 2.40 bits per heavy atom. The molecule has 1 aliphatic rings. The lowest BCUT2D eigenvalue weighted by molar-refractivity contribution is 0.0593. The summed E-state index contributed by atoms with van der Waals surface area (Å²) in [5.74, 6) is 2.00. The van der Waals surface area contributed by atoms with Crippen molar-refractivity contribution in [3.05, 3.63) is 12.2 Å². The van der Waals surface area contributed by atoms with Gasteiger partial charge in [-0.25, -0.2) is 0 Å². The maximum Gasteiger partial charge on any atom is 0.0802 e. The van der Waals surface area contributed by atoms with Crippen LogP contribution in [0, 0.1) is 17.8 Å². The van der Waals surface area contributed by atoms with Crippen LogP contribution < -0.4 is 0 Å². The minimum absolute atomic E-state index is 0.566. The first-order valence-corrected chi connectivity index (χ1v) is 6.38. The molecule has 0 aliphatic heterocycles. The van der Waals surface area contributed by atoms with Crippen LogP contribution in [0.2, 0.25) is 0 Å². The van der Waals surface area contributed by atoms with E-state index in [4.69, 9.17) is 0 Å². The fraction of sp³-hybridized carbons (Fsp3) is 0.857. The Morgan fingerprint density at radius 1 is 1.47 bits per heavy atom. The topological polar surface area (TPSA) is 20.2 Å². The molecule has 0 saturated heterocycles. The number of hydrogen-bond acceptors (Lipinski definition) is 1. The van der Waals surface area contributed by atoms with Crippen LogP contribution in [-0.4, -0.2) is 10.7 Å². The first kappa shape index (κ1) is 14.7. The first-order valence-electron chi connectivity index (χ1n) is 6.38. The lowest BCUT2D eigenvalue weighted by Crippen LogP contribution is -2.33. The van der Waals surface area contributed by atoms with Gasteiger partial charge >= 0.3 is 0 Å². The summed E-state index contributed by atoms with van der Waals surface area (Å²) in [7, 11) is 0. The van der Waals surface area contributed by atoms with Crippen molar-refractivity contribution in [3.8, 4) is 0 Å². The molecule has 4 atom stereocenters. The van der Waals surface area contributed by atoms with Gasteiger partial charge < -0.3 is 5.11 Å². The van der Waals surface area contributed by atoms with Crippen molar-refractivity contribution >= 4 is 0 Å². The summed E-state index contributed by atoms with van der Waals surface area (Å²) in [6.45, 7) is 12.7. The molecule has 0 fully saturated rings. The predicted molar refractivity (Wildman–Crippen MR) is 67.8 cm³/mol. The van der Waals surface area contributed by atoms with Gasteiger partial charge in [-0.2, -0.15) is 0 Å². The summed E-state index contributed by atoms with van der Waals surface area (Å²) in [5.41, 5.74) is -0.566. The van der Waals surface area contributed by atoms with Crippen molar-refractivity contribution in [1.29, 1.82) is 0 Å². The van der Waals surface area contributed by atoms with Gasteiger partial charge in [-0.05, 0) is 31.1 Å². The molecule has 0 bridgehead atoms. The molecule has 0 heterocycles. The molecule has 1 aliphatic carbocycles. The van der Waals surface area contributed by atoms with Gasteiger partial charge in [-0.15, -0.1) is 0 Å². The standard InChI is InChI=1S/C12H22O.C2H6/c1-5-9(2)11-6-7-12(4,13)8-10(11)3;1-2/h6-7,9-11,13H,5,8H2,1-4H3;1-2H3. The van der Waals surface area contributed by atoms with Crippen molar-refractivity contribution in [2.75, 3.05) is 0 Å². The van der Waals surface area contributed by atoms with E-state index in [9.17, 15) is 5.11 Å². The van der Waals surface area contributed by atoms with Gasteiger partial charge in [0.05, 0.1) is 5.60 Å². The van der Waals surface area contributed by atoms with Crippen molar-refractivity contribution in [2.45, 2.75) is 60.0 Å². The maximum atomic E-state index is 9.83. The van der Waals surface area contributed by atoms with E-state index in [0.29, 0.717) is 11.8 Å². The highest BCUT2D eigenvalue weighted by Crippen LogP contribution is 2.35. The van der Waals surface area contributed by atoms with Gasteiger partial charge in [-0.3, -0.25) is 0 Å². The molecule has 0 amide bonds. The molecule has 0 aromatic heterocycles. The smallest absolute Gasteiger partial charge is 0.0802 e. The molecule has 1 N–H and O–H groups in total. The quantitative estimate of drug-likeness (QED) is 0.685. The number of allylic oxidation sites excluding steroid dienone is 1. The third-order valence-corrected chi connectivity index (χ3v) is 3.37. The van der Waals surface area contributed by atoms with Crippen LogP contribution in [0.1, 0.15) is 54.4 Å². The van der Waals surface area contributed by atoms with Gasteiger partial charge in [0, 0.05) is 0 Å². The highest BCUT2D eigenvalue weighted by Gasteiger charge is 2.31. The van der Waals surface area contributed by atoms with Crippen LogP contribution in [0.3, 0.4) is 0 Å². The fourth-order valence-corrected chi connectivity index (χ4v) is 2.39. The monoisotopic (exact) mass is 212 g/mol. The van der Waals surface area contributed by atoms with E-state index in [2.05, 4.69) is 26.8 Å². The second kappa shape index (κ2) is 6.32. The number of hydrogen-bond donors (Lipinski definition) is 1. The van der Waals surface area contributed by atoms with Crippen molar-refractivity contribution in [3.63, 3.8) is 0 Å². The Morgan fingerprint density at radius 2 is 2.00 bits per heavy atom. The minimum atomic E-state index is -0.566. The first-order chi connectivity index (χ1) is 6.96. The molecule has 1 heteroatoms. The van der Waals surface area contributed by atoms with Gasteiger partial charge in [0.15, 0.2) is 0 Å². The van der Waals surface area contributed by atoms with E-state index in [1.54, 1.807) is 0 Å². The molecular formula is C14H28O. The van der Waals surface area contributed by atoms with Crippen LogP contribution in [0.4, 0.5) is 0 Å². The van der Waals surface area contributed by atoms with E-state index < -0.39 is 5.60 Å². The lowest BCUT2D eigenvalue weighted by Gasteiger charge is -2.35. The summed E-state index contributed by atoms with van der Waals surface area (Å²) in [6.07, 6.45) is 6.31. The second-order valence-electron chi connectivity index (χ2n) is 4.86. The Labute approximate surface area is 95.6 Å². The molecule has 0 aromatic rings. The summed E-state index contributed by atoms with van der Waals surface area (Å²) < 4.78 is 0. The molecule has 15 heavy (non-hydrogen) atoms. The Balaban J connectivity index is 0.000000921. The van der Waals surface area contributed by atoms with E-state index in [1.165, 1.54) is 6.42 Å². The van der Waals surface area contributed by atoms with Gasteiger partial charge in [-0.1, -0.05) is 53.2 Å². The molecule has 0 aromatic carbocycles. The second-order valence-corrected chi connectivity index (χ2v) is 4.86. The maximum absolute atomic E-state index is 9.83. The van der Waals surface area contributed by atoms with Crippen LogP contribution in [0.25, 0.3) is 0 Å². The summed E-state index contributed by atoms with van der Waals surface area (Å²) in [5, 5.41) is 9.83. The lowest BCUT2D eigenvalue weighted by atomic mass is 9.73. The molecule has 0 saturated carbocycles. The molecule has 1 nitrogen and oxygen atoms in total. The zero-order chi connectivity index (χ0) is 12.1.